The van der Waals surface area contributed by atoms with Gasteiger partial charge in [0.2, 0.25) is 0 Å². The van der Waals surface area contributed by atoms with E-state index in [4.69, 9.17) is 12.2 Å². The summed E-state index contributed by atoms with van der Waals surface area (Å²) in [6, 6.07) is 4.89. The Labute approximate surface area is 254 Å². The Morgan fingerprint density at radius 3 is 2.44 bits per heavy atom. The van der Waals surface area contributed by atoms with Crippen LogP contribution in [-0.4, -0.2) is 64.2 Å². The molecule has 0 aromatic heterocycles. The molecule has 4 nitrogen and oxygen atoms in total. The Hall–Kier alpha value is -1.26. The van der Waals surface area contributed by atoms with E-state index in [1.165, 1.54) is 63.7 Å². The van der Waals surface area contributed by atoms with Crippen molar-refractivity contribution in [3.05, 3.63) is 23.8 Å². The van der Waals surface area contributed by atoms with E-state index in [0.717, 1.165) is 43.0 Å². The first-order chi connectivity index (χ1) is 19.6. The number of benzene rings is 1. The average Bonchev–Trinajstić information content (AvgIpc) is 3.41. The highest BCUT2D eigenvalue weighted by Gasteiger charge is 2.44. The van der Waals surface area contributed by atoms with Crippen LogP contribution >= 0.6 is 24.0 Å². The molecular weight excluding hydrogens is 570 g/mol. The summed E-state index contributed by atoms with van der Waals surface area (Å²) in [6.45, 7) is 12.1. The first-order valence-electron chi connectivity index (χ1n) is 15.5. The second kappa shape index (κ2) is 16.6. The van der Waals surface area contributed by atoms with Crippen molar-refractivity contribution in [2.24, 2.45) is 11.8 Å². The standard InChI is InChI=1S/C31H49F4N3OS2/c1-5-9-22-14-16-37(17-15-22)27(11-7-3)23(8-4)20-28-38(18-19-41-28)30(40)36-26-21-25(13-12-24(26)10-6-2)39-31(34,35)29(32)33/h12-13,21-23,27-29H,5-11,14-20H2,1-4H3,(H,36,40). The smallest absolute Gasteiger partial charge is 0.428 e. The molecule has 2 heterocycles. The molecule has 0 radical (unpaired) electrons. The molecule has 0 saturated carbocycles. The fourth-order valence-electron chi connectivity index (χ4n) is 6.41. The van der Waals surface area contributed by atoms with Gasteiger partial charge in [-0.3, -0.25) is 0 Å². The summed E-state index contributed by atoms with van der Waals surface area (Å²) in [5.74, 6) is 2.08. The number of thiocarbonyl (C=S) groups is 1. The van der Waals surface area contributed by atoms with Crippen molar-refractivity contribution in [3.63, 3.8) is 0 Å². The number of anilines is 1. The van der Waals surface area contributed by atoms with Gasteiger partial charge < -0.3 is 19.9 Å². The lowest BCUT2D eigenvalue weighted by Gasteiger charge is -2.42. The molecule has 0 bridgehead atoms. The summed E-state index contributed by atoms with van der Waals surface area (Å²) in [5.41, 5.74) is 1.41. The summed E-state index contributed by atoms with van der Waals surface area (Å²) in [7, 11) is 0. The Bertz CT molecular complexity index is 946. The molecule has 2 aliphatic rings. The van der Waals surface area contributed by atoms with E-state index in [9.17, 15) is 17.6 Å². The number of hydrogen-bond acceptors (Lipinski definition) is 4. The molecule has 0 spiro atoms. The van der Waals surface area contributed by atoms with Crippen molar-refractivity contribution < 1.29 is 22.3 Å². The van der Waals surface area contributed by atoms with Gasteiger partial charge in [0.05, 0.1) is 5.37 Å². The van der Waals surface area contributed by atoms with Crippen LogP contribution in [0.3, 0.4) is 0 Å². The molecule has 3 rings (SSSR count). The number of aryl methyl sites for hydroxylation is 1. The highest BCUT2D eigenvalue weighted by molar-refractivity contribution is 8.00. The van der Waals surface area contributed by atoms with Crippen molar-refractivity contribution in [1.82, 2.24) is 9.80 Å². The number of thioether (sulfide) groups is 1. The molecule has 2 saturated heterocycles. The molecule has 0 aliphatic carbocycles. The summed E-state index contributed by atoms with van der Waals surface area (Å²) in [5, 5.41) is 4.04. The summed E-state index contributed by atoms with van der Waals surface area (Å²) in [6.07, 6.45) is 2.78. The Morgan fingerprint density at radius 1 is 1.10 bits per heavy atom. The third-order valence-corrected chi connectivity index (χ3v) is 10.2. The summed E-state index contributed by atoms with van der Waals surface area (Å²) < 4.78 is 57.1. The van der Waals surface area contributed by atoms with Crippen molar-refractivity contribution in [2.75, 3.05) is 30.7 Å². The topological polar surface area (TPSA) is 27.7 Å². The Kier molecular flexibility index (Phi) is 13.8. The fraction of sp³-hybridized carbons (Fsp3) is 0.774. The lowest BCUT2D eigenvalue weighted by atomic mass is 9.85. The fourth-order valence-corrected chi connectivity index (χ4v) is 8.15. The number of alkyl halides is 4. The van der Waals surface area contributed by atoms with Crippen LogP contribution in [0.2, 0.25) is 0 Å². The average molecular weight is 620 g/mol. The molecule has 0 amide bonds. The molecule has 2 fully saturated rings. The van der Waals surface area contributed by atoms with Crippen LogP contribution in [0.1, 0.15) is 91.0 Å². The van der Waals surface area contributed by atoms with Crippen molar-refractivity contribution in [3.8, 4) is 5.75 Å². The van der Waals surface area contributed by atoms with Crippen molar-refractivity contribution >= 4 is 34.8 Å². The van der Waals surface area contributed by atoms with Gasteiger partial charge in [0.15, 0.2) is 5.11 Å². The van der Waals surface area contributed by atoms with Crippen molar-refractivity contribution in [2.45, 2.75) is 116 Å². The lowest BCUT2D eigenvalue weighted by Crippen LogP contribution is -2.47. The van der Waals surface area contributed by atoms with Gasteiger partial charge in [0, 0.05) is 30.1 Å². The number of piperidine rings is 1. The van der Waals surface area contributed by atoms with E-state index in [-0.39, 0.29) is 11.1 Å². The monoisotopic (exact) mass is 619 g/mol. The molecule has 1 N–H and O–H groups in total. The Balaban J connectivity index is 1.71. The molecule has 2 aliphatic heterocycles. The van der Waals surface area contributed by atoms with Crippen LogP contribution in [0, 0.1) is 11.8 Å². The SMILES string of the molecule is CCCc1ccc(OC(F)(F)C(F)F)cc1NC(=S)N1CCSC1CC(CC)C(CCC)N1CCC(CCC)CC1. The van der Waals surface area contributed by atoms with Crippen LogP contribution in [-0.2, 0) is 6.42 Å². The summed E-state index contributed by atoms with van der Waals surface area (Å²) >= 11 is 7.79. The number of hydrogen-bond donors (Lipinski definition) is 1. The Morgan fingerprint density at radius 2 is 1.83 bits per heavy atom. The first kappa shape index (κ1) is 34.2. The van der Waals surface area contributed by atoms with Crippen LogP contribution in [0.4, 0.5) is 23.2 Å². The van der Waals surface area contributed by atoms with E-state index >= 15 is 0 Å². The molecule has 1 aromatic carbocycles. The van der Waals surface area contributed by atoms with Gasteiger partial charge in [-0.15, -0.1) is 11.8 Å². The van der Waals surface area contributed by atoms with Gasteiger partial charge in [-0.2, -0.15) is 17.6 Å². The quantitative estimate of drug-likeness (QED) is 0.156. The third kappa shape index (κ3) is 9.62. The third-order valence-electron chi connectivity index (χ3n) is 8.57. The zero-order valence-corrected chi connectivity index (χ0v) is 26.8. The second-order valence-electron chi connectivity index (χ2n) is 11.5. The van der Waals surface area contributed by atoms with Crippen LogP contribution < -0.4 is 10.1 Å². The number of nitrogens with zero attached hydrogens (tertiary/aromatic N) is 2. The highest BCUT2D eigenvalue weighted by Crippen LogP contribution is 2.37. The number of nitrogens with one attached hydrogen (secondary N) is 1. The van der Waals surface area contributed by atoms with E-state index in [1.54, 1.807) is 6.07 Å². The van der Waals surface area contributed by atoms with Crippen molar-refractivity contribution in [1.29, 1.82) is 0 Å². The number of halogens is 4. The van der Waals surface area contributed by atoms with Gasteiger partial charge in [0.1, 0.15) is 5.75 Å². The van der Waals surface area contributed by atoms with E-state index in [1.807, 2.05) is 18.7 Å². The van der Waals surface area contributed by atoms with Gasteiger partial charge in [-0.25, -0.2) is 0 Å². The predicted octanol–water partition coefficient (Wildman–Crippen LogP) is 9.04. The first-order valence-corrected chi connectivity index (χ1v) is 17.0. The number of ether oxygens (including phenoxy) is 1. The van der Waals surface area contributed by atoms with Crippen LogP contribution in [0.5, 0.6) is 5.75 Å². The molecule has 41 heavy (non-hydrogen) atoms. The largest absolute Gasteiger partial charge is 0.461 e. The minimum atomic E-state index is -4.56. The molecule has 3 unspecified atom stereocenters. The highest BCUT2D eigenvalue weighted by atomic mass is 32.2. The van der Waals surface area contributed by atoms with E-state index in [0.29, 0.717) is 29.2 Å². The maximum atomic E-state index is 13.6. The molecular formula is C31H49F4N3OS2. The maximum absolute atomic E-state index is 13.6. The lowest BCUT2D eigenvalue weighted by molar-refractivity contribution is -0.253. The van der Waals surface area contributed by atoms with Crippen LogP contribution in [0.15, 0.2) is 18.2 Å². The minimum Gasteiger partial charge on any atom is -0.428 e. The zero-order valence-electron chi connectivity index (χ0n) is 25.1. The molecule has 3 atom stereocenters. The summed E-state index contributed by atoms with van der Waals surface area (Å²) in [4.78, 5) is 4.97. The normalized spacial score (nSPS) is 20.4. The van der Waals surface area contributed by atoms with Gasteiger partial charge >= 0.3 is 12.5 Å². The zero-order chi connectivity index (χ0) is 30.0. The van der Waals surface area contributed by atoms with Crippen LogP contribution in [0.25, 0.3) is 0 Å². The number of rotatable bonds is 15. The minimum absolute atomic E-state index is 0.231. The second-order valence-corrected chi connectivity index (χ2v) is 13.2. The molecule has 10 heteroatoms. The number of likely N-dealkylation sites (tertiary alicyclic amines) is 1. The van der Waals surface area contributed by atoms with E-state index < -0.39 is 12.5 Å². The van der Waals surface area contributed by atoms with E-state index in [2.05, 4.69) is 40.6 Å². The van der Waals surface area contributed by atoms with Gasteiger partial charge in [-0.1, -0.05) is 65.9 Å². The molecule has 1 aromatic rings. The van der Waals surface area contributed by atoms with Gasteiger partial charge in [0.25, 0.3) is 0 Å². The predicted molar refractivity (Wildman–Crippen MR) is 167 cm³/mol. The van der Waals surface area contributed by atoms with Gasteiger partial charge in [-0.05, 0) is 80.9 Å². The molecule has 234 valence electrons. The maximum Gasteiger partial charge on any atom is 0.461 e.